The van der Waals surface area contributed by atoms with Gasteiger partial charge in [-0.2, -0.15) is 5.10 Å². The van der Waals surface area contributed by atoms with Crippen LogP contribution in [0.25, 0.3) is 0 Å². The third-order valence-electron chi connectivity index (χ3n) is 3.99. The van der Waals surface area contributed by atoms with E-state index in [9.17, 15) is 4.79 Å². The molecule has 7 heteroatoms. The molecule has 0 radical (unpaired) electrons. The fourth-order valence-electron chi connectivity index (χ4n) is 2.74. The van der Waals surface area contributed by atoms with E-state index in [2.05, 4.69) is 9.82 Å². The van der Waals surface area contributed by atoms with Gasteiger partial charge in [-0.15, -0.1) is 0 Å². The molecular weight excluding hydrogens is 344 g/mol. The average Bonchev–Trinajstić information content (AvgIpc) is 3.24. The number of nitrogens with one attached hydrogen (secondary N) is 1. The van der Waals surface area contributed by atoms with Crippen LogP contribution in [0, 0.1) is 0 Å². The van der Waals surface area contributed by atoms with Crippen LogP contribution in [0.1, 0.15) is 18.4 Å². The second-order valence-electron chi connectivity index (χ2n) is 5.64. The Morgan fingerprint density at radius 1 is 1.33 bits per heavy atom. The third-order valence-corrected chi connectivity index (χ3v) is 5.00. The van der Waals surface area contributed by atoms with E-state index in [0.29, 0.717) is 18.0 Å². The summed E-state index contributed by atoms with van der Waals surface area (Å²) in [5.74, 6) is 0.0162. The van der Waals surface area contributed by atoms with Gasteiger partial charge in [-0.3, -0.25) is 9.10 Å². The van der Waals surface area contributed by atoms with Crippen LogP contribution in [0.2, 0.25) is 5.02 Å². The van der Waals surface area contributed by atoms with Crippen LogP contribution in [-0.2, 0) is 4.79 Å². The average molecular weight is 359 g/mol. The molecule has 0 aromatic heterocycles. The summed E-state index contributed by atoms with van der Waals surface area (Å²) in [6.45, 7) is 0.625. The van der Waals surface area contributed by atoms with Crippen LogP contribution in [0.15, 0.2) is 65.2 Å². The normalized spacial score (nSPS) is 18.8. The zero-order valence-corrected chi connectivity index (χ0v) is 14.3. The predicted molar refractivity (Wildman–Crippen MR) is 96.8 cm³/mol. The van der Waals surface area contributed by atoms with E-state index in [-0.39, 0.29) is 5.91 Å². The number of rotatable bonds is 3. The number of carbonyl (C=O) groups excluding carboxylic acids is 1. The summed E-state index contributed by atoms with van der Waals surface area (Å²) in [4.78, 5) is 12.5. The molecule has 0 unspecified atom stereocenters. The first-order chi connectivity index (χ1) is 11.7. The second-order valence-corrected chi connectivity index (χ2v) is 6.88. The van der Waals surface area contributed by atoms with E-state index in [4.69, 9.17) is 11.6 Å². The second kappa shape index (κ2) is 6.37. The van der Waals surface area contributed by atoms with Gasteiger partial charge in [0.2, 0.25) is 5.91 Å². The first-order valence-corrected chi connectivity index (χ1v) is 8.79. The topological polar surface area (TPSA) is 47.9 Å². The molecule has 0 bridgehead atoms. The van der Waals surface area contributed by atoms with E-state index in [1.54, 1.807) is 5.01 Å². The van der Waals surface area contributed by atoms with E-state index in [1.165, 1.54) is 12.1 Å². The summed E-state index contributed by atoms with van der Waals surface area (Å²) in [5.41, 5.74) is 3.99. The van der Waals surface area contributed by atoms with Crippen molar-refractivity contribution < 1.29 is 4.79 Å². The molecule has 3 heterocycles. The molecule has 0 atom stereocenters. The number of amides is 1. The monoisotopic (exact) mass is 358 g/mol. The summed E-state index contributed by atoms with van der Waals surface area (Å²) in [5, 5.41) is 6.75. The van der Waals surface area contributed by atoms with Crippen molar-refractivity contribution in [3.63, 3.8) is 0 Å². The minimum absolute atomic E-state index is 0.0162. The van der Waals surface area contributed by atoms with Crippen molar-refractivity contribution in [1.82, 2.24) is 14.0 Å². The Kier molecular flexibility index (Phi) is 4.08. The van der Waals surface area contributed by atoms with Crippen LogP contribution < -0.4 is 4.72 Å². The number of fused-ring (bicyclic) bond motifs is 1. The van der Waals surface area contributed by atoms with Crippen LogP contribution in [-0.4, -0.2) is 27.5 Å². The van der Waals surface area contributed by atoms with Gasteiger partial charge in [0, 0.05) is 23.8 Å². The molecule has 0 saturated carbocycles. The maximum atomic E-state index is 12.5. The molecule has 3 aliphatic heterocycles. The SMILES string of the molecule is O=C(CC1=CC2=CNSN2C=C1)N1CCC(c2ccc(Cl)cc2)=N1. The lowest BCUT2D eigenvalue weighted by Gasteiger charge is -2.18. The molecule has 1 aromatic carbocycles. The lowest BCUT2D eigenvalue weighted by molar-refractivity contribution is -0.129. The van der Waals surface area contributed by atoms with Crippen molar-refractivity contribution >= 4 is 35.4 Å². The number of halogens is 1. The fourth-order valence-corrected chi connectivity index (χ4v) is 3.49. The first-order valence-electron chi connectivity index (χ1n) is 7.63. The number of benzene rings is 1. The summed E-state index contributed by atoms with van der Waals surface area (Å²) in [6, 6.07) is 7.56. The van der Waals surface area contributed by atoms with Gasteiger partial charge in [0.1, 0.15) is 0 Å². The van der Waals surface area contributed by atoms with Gasteiger partial charge in [-0.25, -0.2) is 5.01 Å². The molecule has 122 valence electrons. The minimum Gasteiger partial charge on any atom is -0.316 e. The lowest BCUT2D eigenvalue weighted by Crippen LogP contribution is -2.23. The number of hydrogen-bond donors (Lipinski definition) is 1. The molecule has 0 aliphatic carbocycles. The van der Waals surface area contributed by atoms with Crippen LogP contribution in [0.4, 0.5) is 0 Å². The number of hydrogen-bond acceptors (Lipinski definition) is 5. The Balaban J connectivity index is 1.44. The minimum atomic E-state index is 0.0162. The van der Waals surface area contributed by atoms with Crippen LogP contribution >= 0.6 is 23.7 Å². The molecule has 1 amide bonds. The summed E-state index contributed by atoms with van der Waals surface area (Å²) < 4.78 is 5.09. The zero-order chi connectivity index (χ0) is 16.5. The fraction of sp³-hybridized carbons (Fsp3) is 0.176. The van der Waals surface area contributed by atoms with Gasteiger partial charge >= 0.3 is 0 Å². The molecule has 1 aromatic rings. The molecule has 4 rings (SSSR count). The van der Waals surface area contributed by atoms with Crippen molar-refractivity contribution in [3.8, 4) is 0 Å². The van der Waals surface area contributed by atoms with Crippen molar-refractivity contribution in [2.75, 3.05) is 6.54 Å². The number of allylic oxidation sites excluding steroid dienone is 2. The maximum Gasteiger partial charge on any atom is 0.247 e. The summed E-state index contributed by atoms with van der Waals surface area (Å²) >= 11 is 7.42. The van der Waals surface area contributed by atoms with Gasteiger partial charge < -0.3 is 4.72 Å². The van der Waals surface area contributed by atoms with Gasteiger partial charge in [0.25, 0.3) is 0 Å². The Bertz CT molecular complexity index is 797. The smallest absolute Gasteiger partial charge is 0.247 e. The summed E-state index contributed by atoms with van der Waals surface area (Å²) in [7, 11) is 0. The zero-order valence-electron chi connectivity index (χ0n) is 12.8. The van der Waals surface area contributed by atoms with Crippen molar-refractivity contribution in [2.24, 2.45) is 5.10 Å². The maximum absolute atomic E-state index is 12.5. The quantitative estimate of drug-likeness (QED) is 0.841. The highest BCUT2D eigenvalue weighted by molar-refractivity contribution is 7.95. The molecule has 24 heavy (non-hydrogen) atoms. The highest BCUT2D eigenvalue weighted by atomic mass is 35.5. The van der Waals surface area contributed by atoms with E-state index in [1.807, 2.05) is 53.1 Å². The highest BCUT2D eigenvalue weighted by Crippen LogP contribution is 2.29. The van der Waals surface area contributed by atoms with Gasteiger partial charge in [0.15, 0.2) is 0 Å². The van der Waals surface area contributed by atoms with E-state index in [0.717, 1.165) is 29.0 Å². The standard InChI is InChI=1S/C17H15ClN4OS/c18-14-3-1-13(2-4-14)16-6-7-21(20-16)17(23)10-12-5-8-22-15(9-12)11-19-24-22/h1-5,8-9,11,19H,6-7,10H2. The number of nitrogens with zero attached hydrogens (tertiary/aromatic N) is 3. The van der Waals surface area contributed by atoms with E-state index < -0.39 is 0 Å². The first kappa shape index (κ1) is 15.4. The van der Waals surface area contributed by atoms with Crippen molar-refractivity contribution in [2.45, 2.75) is 12.8 Å². The summed E-state index contributed by atoms with van der Waals surface area (Å²) in [6.07, 6.45) is 8.99. The highest BCUT2D eigenvalue weighted by Gasteiger charge is 2.23. The van der Waals surface area contributed by atoms with Gasteiger partial charge in [-0.1, -0.05) is 23.7 Å². The largest absolute Gasteiger partial charge is 0.316 e. The lowest BCUT2D eigenvalue weighted by atomic mass is 10.1. The number of carbonyl (C=O) groups is 1. The molecule has 0 fully saturated rings. The third kappa shape index (κ3) is 3.07. The van der Waals surface area contributed by atoms with Crippen molar-refractivity contribution in [3.05, 3.63) is 70.7 Å². The van der Waals surface area contributed by atoms with Crippen LogP contribution in [0.5, 0.6) is 0 Å². The Morgan fingerprint density at radius 2 is 2.17 bits per heavy atom. The van der Waals surface area contributed by atoms with E-state index >= 15 is 0 Å². The molecule has 0 spiro atoms. The predicted octanol–water partition coefficient (Wildman–Crippen LogP) is 3.43. The van der Waals surface area contributed by atoms with Gasteiger partial charge in [0.05, 0.1) is 36.5 Å². The Hall–Kier alpha value is -2.18. The molecule has 5 nitrogen and oxygen atoms in total. The number of hydrazone groups is 1. The molecule has 1 N–H and O–H groups in total. The van der Waals surface area contributed by atoms with Crippen LogP contribution in [0.3, 0.4) is 0 Å². The Labute approximate surface area is 149 Å². The molecular formula is C17H15ClN4OS. The Morgan fingerprint density at radius 3 is 3.00 bits per heavy atom. The van der Waals surface area contributed by atoms with Gasteiger partial charge in [-0.05, 0) is 35.4 Å². The van der Waals surface area contributed by atoms with Crippen molar-refractivity contribution in [1.29, 1.82) is 0 Å². The molecule has 3 aliphatic rings. The molecule has 0 saturated heterocycles.